The van der Waals surface area contributed by atoms with Gasteiger partial charge in [0.2, 0.25) is 0 Å². The van der Waals surface area contributed by atoms with Crippen molar-refractivity contribution in [1.29, 1.82) is 0 Å². The number of ether oxygens (including phenoxy) is 2. The molecule has 0 saturated carbocycles. The van der Waals surface area contributed by atoms with Crippen molar-refractivity contribution >= 4 is 17.7 Å². The van der Waals surface area contributed by atoms with Crippen molar-refractivity contribution < 1.29 is 23.9 Å². The van der Waals surface area contributed by atoms with Crippen molar-refractivity contribution in [3.8, 4) is 0 Å². The van der Waals surface area contributed by atoms with Gasteiger partial charge in [0.05, 0.1) is 14.2 Å². The lowest BCUT2D eigenvalue weighted by molar-refractivity contribution is -0.173. The van der Waals surface area contributed by atoms with E-state index in [1.807, 2.05) is 36.4 Å². The fourth-order valence-corrected chi connectivity index (χ4v) is 5.98. The van der Waals surface area contributed by atoms with Crippen molar-refractivity contribution in [3.63, 3.8) is 0 Å². The first-order chi connectivity index (χ1) is 15.5. The molecular weight excluding hydrogens is 404 g/mol. The lowest BCUT2D eigenvalue weighted by Gasteiger charge is -2.53. The van der Waals surface area contributed by atoms with Crippen LogP contribution < -0.4 is 0 Å². The first-order valence-electron chi connectivity index (χ1n) is 11.4. The van der Waals surface area contributed by atoms with Gasteiger partial charge >= 0.3 is 11.9 Å². The quantitative estimate of drug-likeness (QED) is 0.340. The van der Waals surface area contributed by atoms with E-state index >= 15 is 0 Å². The molecule has 0 aromatic heterocycles. The number of hydrogen-bond acceptors (Lipinski definition) is 5. The largest absolute Gasteiger partial charge is 0.469 e. The second-order valence-corrected chi connectivity index (χ2v) is 8.86. The number of ketones is 1. The molecule has 2 atom stereocenters. The number of methoxy groups -OCH3 is 2. The van der Waals surface area contributed by atoms with Gasteiger partial charge in [-0.15, -0.1) is 0 Å². The molecule has 3 aliphatic rings. The van der Waals surface area contributed by atoms with Crippen molar-refractivity contribution in [2.45, 2.75) is 50.9 Å². The van der Waals surface area contributed by atoms with Crippen LogP contribution in [0.25, 0.3) is 0 Å². The van der Waals surface area contributed by atoms with Gasteiger partial charge in [0, 0.05) is 18.3 Å². The molecule has 0 amide bonds. The van der Waals surface area contributed by atoms with Crippen LogP contribution in [0.1, 0.15) is 73.1 Å². The Morgan fingerprint density at radius 1 is 0.906 bits per heavy atom. The molecular formula is C27H30O5. The van der Waals surface area contributed by atoms with E-state index in [4.69, 9.17) is 9.47 Å². The van der Waals surface area contributed by atoms with E-state index in [2.05, 4.69) is 19.1 Å². The molecule has 32 heavy (non-hydrogen) atoms. The number of carbonyl (C=O) groups excluding carboxylic acids is 3. The number of Topliss-reactive ketones (excluding diaryl/α,β-unsaturated/α-hetero) is 1. The van der Waals surface area contributed by atoms with Crippen molar-refractivity contribution in [2.24, 2.45) is 11.3 Å². The fourth-order valence-electron chi connectivity index (χ4n) is 5.98. The number of esters is 2. The van der Waals surface area contributed by atoms with Gasteiger partial charge in [-0.3, -0.25) is 14.4 Å². The predicted molar refractivity (Wildman–Crippen MR) is 120 cm³/mol. The maximum absolute atomic E-state index is 13.6. The van der Waals surface area contributed by atoms with Gasteiger partial charge in [-0.25, -0.2) is 0 Å². The maximum atomic E-state index is 13.6. The van der Waals surface area contributed by atoms with Gasteiger partial charge in [-0.2, -0.15) is 0 Å². The van der Waals surface area contributed by atoms with Crippen molar-refractivity contribution in [3.05, 3.63) is 70.8 Å². The Bertz CT molecular complexity index is 994. The number of hydrogen-bond donors (Lipinski definition) is 0. The standard InChI is InChI=1S/C27H30O5/c1-4-5-6-15-22(28)24(25(29)31-2)27(26(30)32-3)16-21-17-11-7-9-13-19(17)23(27)20-14-10-8-12-18(20)21/h7-14,21,23-24H,4-6,15-16H2,1-3H3/t21?,23?,24-,27-/m1/s1. The number of rotatable bonds is 8. The first-order valence-corrected chi connectivity index (χ1v) is 11.4. The van der Waals surface area contributed by atoms with Crippen LogP contribution in [0.4, 0.5) is 0 Å². The minimum Gasteiger partial charge on any atom is -0.469 e. The Labute approximate surface area is 189 Å². The van der Waals surface area contributed by atoms with E-state index in [9.17, 15) is 14.4 Å². The van der Waals surface area contributed by atoms with Crippen LogP contribution in [0.3, 0.4) is 0 Å². The minimum absolute atomic E-state index is 0.0953. The van der Waals surface area contributed by atoms with Crippen LogP contribution >= 0.6 is 0 Å². The Balaban J connectivity index is 1.94. The van der Waals surface area contributed by atoms with Crippen LogP contribution in [0.5, 0.6) is 0 Å². The first kappa shape index (κ1) is 22.3. The van der Waals surface area contributed by atoms with Gasteiger partial charge in [0.25, 0.3) is 0 Å². The van der Waals surface area contributed by atoms with Gasteiger partial charge in [-0.1, -0.05) is 68.3 Å². The highest BCUT2D eigenvalue weighted by molar-refractivity contribution is 6.05. The van der Waals surface area contributed by atoms with E-state index in [-0.39, 0.29) is 18.1 Å². The van der Waals surface area contributed by atoms with Gasteiger partial charge < -0.3 is 9.47 Å². The zero-order valence-electron chi connectivity index (χ0n) is 18.9. The van der Waals surface area contributed by atoms with Crippen LogP contribution in [-0.4, -0.2) is 31.9 Å². The van der Waals surface area contributed by atoms with Gasteiger partial charge in [0.1, 0.15) is 17.1 Å². The molecule has 2 bridgehead atoms. The van der Waals surface area contributed by atoms with E-state index in [1.54, 1.807) is 0 Å². The lowest BCUT2D eigenvalue weighted by Crippen LogP contribution is -2.56. The Morgan fingerprint density at radius 3 is 1.97 bits per heavy atom. The molecule has 168 valence electrons. The molecule has 0 N–H and O–H groups in total. The summed E-state index contributed by atoms with van der Waals surface area (Å²) in [4.78, 5) is 40.3. The highest BCUT2D eigenvalue weighted by Gasteiger charge is 2.64. The Kier molecular flexibility index (Phi) is 6.18. The molecule has 2 aromatic carbocycles. The van der Waals surface area contributed by atoms with E-state index in [1.165, 1.54) is 14.2 Å². The third kappa shape index (κ3) is 3.26. The summed E-state index contributed by atoms with van der Waals surface area (Å²) >= 11 is 0. The predicted octanol–water partition coefficient (Wildman–Crippen LogP) is 4.77. The molecule has 0 unspecified atom stereocenters. The monoisotopic (exact) mass is 434 g/mol. The number of unbranched alkanes of at least 4 members (excludes halogenated alkanes) is 2. The number of benzene rings is 2. The lowest BCUT2D eigenvalue weighted by atomic mass is 9.48. The van der Waals surface area contributed by atoms with E-state index in [0.29, 0.717) is 12.8 Å². The maximum Gasteiger partial charge on any atom is 0.317 e. The summed E-state index contributed by atoms with van der Waals surface area (Å²) in [5.41, 5.74) is 2.94. The van der Waals surface area contributed by atoms with Crippen LogP contribution in [0.15, 0.2) is 48.5 Å². The second-order valence-electron chi connectivity index (χ2n) is 8.86. The third-order valence-electron chi connectivity index (χ3n) is 7.29. The molecule has 0 radical (unpaired) electrons. The summed E-state index contributed by atoms with van der Waals surface area (Å²) in [5.74, 6) is -3.16. The summed E-state index contributed by atoms with van der Waals surface area (Å²) < 4.78 is 10.5. The van der Waals surface area contributed by atoms with Crippen molar-refractivity contribution in [2.75, 3.05) is 14.2 Å². The molecule has 0 saturated heterocycles. The summed E-state index contributed by atoms with van der Waals surface area (Å²) in [6.45, 7) is 2.06. The topological polar surface area (TPSA) is 69.7 Å². The summed E-state index contributed by atoms with van der Waals surface area (Å²) in [6, 6.07) is 16.1. The van der Waals surface area contributed by atoms with E-state index in [0.717, 1.165) is 35.1 Å². The minimum atomic E-state index is -1.33. The summed E-state index contributed by atoms with van der Waals surface area (Å²) in [5, 5.41) is 0. The Hall–Kier alpha value is -2.95. The van der Waals surface area contributed by atoms with Crippen LogP contribution in [-0.2, 0) is 23.9 Å². The molecule has 5 nitrogen and oxygen atoms in total. The average Bonchev–Trinajstić information content (AvgIpc) is 2.83. The molecule has 0 fully saturated rings. The van der Waals surface area contributed by atoms with Crippen molar-refractivity contribution in [1.82, 2.24) is 0 Å². The molecule has 5 rings (SSSR count). The molecule has 0 heterocycles. The van der Waals surface area contributed by atoms with Crippen LogP contribution in [0, 0.1) is 11.3 Å². The molecule has 0 aliphatic heterocycles. The highest BCUT2D eigenvalue weighted by Crippen LogP contribution is 2.64. The second kappa shape index (κ2) is 8.89. The zero-order valence-corrected chi connectivity index (χ0v) is 18.9. The molecule has 2 aromatic rings. The molecule has 3 aliphatic carbocycles. The summed E-state index contributed by atoms with van der Waals surface area (Å²) in [7, 11) is 2.61. The Morgan fingerprint density at radius 2 is 1.47 bits per heavy atom. The SMILES string of the molecule is CCCCCC(=O)[C@H](C(=O)OC)[C@@]1(C(=O)OC)CC2c3ccccc3C1c1ccccc12. The fraction of sp³-hybridized carbons (Fsp3) is 0.444. The summed E-state index contributed by atoms with van der Waals surface area (Å²) in [6.07, 6.45) is 3.12. The number of carbonyl (C=O) groups is 3. The van der Waals surface area contributed by atoms with Gasteiger partial charge in [-0.05, 0) is 35.1 Å². The molecule has 5 heteroatoms. The zero-order chi connectivity index (χ0) is 22.9. The smallest absolute Gasteiger partial charge is 0.317 e. The number of fused-ring (bicyclic) bond motifs is 1. The van der Waals surface area contributed by atoms with E-state index < -0.39 is 29.2 Å². The average molecular weight is 435 g/mol. The van der Waals surface area contributed by atoms with Gasteiger partial charge in [0.15, 0.2) is 0 Å². The molecule has 0 spiro atoms. The van der Waals surface area contributed by atoms with Crippen LogP contribution in [0.2, 0.25) is 0 Å². The highest BCUT2D eigenvalue weighted by atomic mass is 16.5. The normalized spacial score (nSPS) is 23.6. The third-order valence-corrected chi connectivity index (χ3v) is 7.29.